The van der Waals surface area contributed by atoms with E-state index in [1.165, 1.54) is 12.1 Å². The lowest BCUT2D eigenvalue weighted by molar-refractivity contribution is 0.508. The van der Waals surface area contributed by atoms with Crippen LogP contribution in [0.15, 0.2) is 24.3 Å². The summed E-state index contributed by atoms with van der Waals surface area (Å²) in [5.41, 5.74) is 0. The first-order chi connectivity index (χ1) is 6.63. The summed E-state index contributed by atoms with van der Waals surface area (Å²) in [4.78, 5) is 0. The van der Waals surface area contributed by atoms with Gasteiger partial charge in [-0.15, -0.1) is 0 Å². The zero-order valence-corrected chi connectivity index (χ0v) is 8.15. The van der Waals surface area contributed by atoms with Crippen molar-refractivity contribution in [2.24, 2.45) is 0 Å². The van der Waals surface area contributed by atoms with Crippen molar-refractivity contribution in [1.29, 1.82) is 0 Å². The molecule has 0 radical (unpaired) electrons. The molecular formula is C6H4F2O4S2. The summed E-state index contributed by atoms with van der Waals surface area (Å²) in [5.74, 6) is -1.60. The van der Waals surface area contributed by atoms with Crippen molar-refractivity contribution in [2.75, 3.05) is 0 Å². The van der Waals surface area contributed by atoms with E-state index in [9.17, 15) is 8.78 Å². The quantitative estimate of drug-likeness (QED) is 0.669. The molecule has 8 heteroatoms. The lowest BCUT2D eigenvalue weighted by atomic mass is 10.3. The van der Waals surface area contributed by atoms with E-state index >= 15 is 0 Å². The van der Waals surface area contributed by atoms with E-state index in [4.69, 9.17) is 16.8 Å². The summed E-state index contributed by atoms with van der Waals surface area (Å²) in [7, 11) is 0. The van der Waals surface area contributed by atoms with Gasteiger partial charge in [-0.1, -0.05) is 12.1 Å². The molecule has 0 saturated heterocycles. The average Bonchev–Trinajstić information content (AvgIpc) is 2.13. The molecule has 14 heavy (non-hydrogen) atoms. The standard InChI is InChI=1S/C6H4F2.2O2S/c7-5-3-1-2-4-6(5)8;2*1-3-2/h1-4H;;. The Morgan fingerprint density at radius 1 is 0.786 bits per heavy atom. The molecule has 1 aromatic rings. The highest BCUT2D eigenvalue weighted by atomic mass is 32.1. The molecule has 0 bridgehead atoms. The largest absolute Gasteiger partial charge is 0.335 e. The fourth-order valence-electron chi connectivity index (χ4n) is 0.439. The second-order valence-corrected chi connectivity index (χ2v) is 1.82. The molecule has 1 aromatic carbocycles. The minimum Gasteiger partial charge on any atom is -0.204 e. The third-order valence-electron chi connectivity index (χ3n) is 0.824. The third kappa shape index (κ3) is 10.7. The fraction of sp³-hybridized carbons (Fsp3) is 0. The van der Waals surface area contributed by atoms with Crippen LogP contribution in [0.25, 0.3) is 0 Å². The van der Waals surface area contributed by atoms with Gasteiger partial charge in [0, 0.05) is 0 Å². The molecule has 0 aliphatic carbocycles. The molecule has 0 aromatic heterocycles. The zero-order valence-electron chi connectivity index (χ0n) is 6.51. The highest BCUT2D eigenvalue weighted by Crippen LogP contribution is 2.01. The van der Waals surface area contributed by atoms with Gasteiger partial charge in [0.2, 0.25) is 0 Å². The summed E-state index contributed by atoms with van der Waals surface area (Å²) >= 11 is -1.50. The number of halogens is 2. The van der Waals surface area contributed by atoms with E-state index in [-0.39, 0.29) is 0 Å². The molecule has 0 fully saturated rings. The summed E-state index contributed by atoms with van der Waals surface area (Å²) in [6, 6.07) is 5.04. The first kappa shape index (κ1) is 15.2. The van der Waals surface area contributed by atoms with Crippen molar-refractivity contribution in [1.82, 2.24) is 0 Å². The smallest absolute Gasteiger partial charge is 0.204 e. The Morgan fingerprint density at radius 3 is 1.14 bits per heavy atom. The first-order valence-electron chi connectivity index (χ1n) is 2.87. The Balaban J connectivity index is 0. The highest BCUT2D eigenvalue weighted by molar-refractivity contribution is 7.51. The fourth-order valence-corrected chi connectivity index (χ4v) is 0.439. The minimum absolute atomic E-state index is 0.750. The van der Waals surface area contributed by atoms with Gasteiger partial charge >= 0.3 is 23.1 Å². The van der Waals surface area contributed by atoms with Crippen LogP contribution in [0.4, 0.5) is 8.78 Å². The summed E-state index contributed by atoms with van der Waals surface area (Å²) in [6.07, 6.45) is 0. The van der Waals surface area contributed by atoms with Crippen LogP contribution in [0.1, 0.15) is 0 Å². The number of hydrogen-bond acceptors (Lipinski definition) is 4. The van der Waals surface area contributed by atoms with Crippen molar-refractivity contribution in [3.63, 3.8) is 0 Å². The summed E-state index contributed by atoms with van der Waals surface area (Å²) in [6.45, 7) is 0. The third-order valence-corrected chi connectivity index (χ3v) is 0.824. The Bertz CT molecular complexity index is 299. The molecule has 0 amide bonds. The van der Waals surface area contributed by atoms with E-state index in [0.717, 1.165) is 12.1 Å². The molecule has 0 heterocycles. The van der Waals surface area contributed by atoms with Crippen LogP contribution in [0, 0.1) is 11.6 Å². The Kier molecular flexibility index (Phi) is 12.7. The van der Waals surface area contributed by atoms with Crippen LogP contribution in [0.2, 0.25) is 0 Å². The minimum atomic E-state index is -0.799. The molecule has 0 spiro atoms. The molecule has 4 nitrogen and oxygen atoms in total. The number of benzene rings is 1. The van der Waals surface area contributed by atoms with Gasteiger partial charge in [-0.3, -0.25) is 0 Å². The molecule has 0 saturated carbocycles. The van der Waals surface area contributed by atoms with E-state index in [2.05, 4.69) is 0 Å². The van der Waals surface area contributed by atoms with Gasteiger partial charge in [-0.2, -0.15) is 16.8 Å². The maximum atomic E-state index is 11.9. The molecule has 0 aliphatic heterocycles. The zero-order chi connectivity index (χ0) is 11.4. The Hall–Kier alpha value is -1.28. The number of hydrogen-bond donors (Lipinski definition) is 0. The molecule has 0 N–H and O–H groups in total. The van der Waals surface area contributed by atoms with Gasteiger partial charge in [0.1, 0.15) is 0 Å². The monoisotopic (exact) mass is 242 g/mol. The SMILES string of the molecule is Fc1ccccc1F.O=S=O.O=S=O. The lowest BCUT2D eigenvalue weighted by Crippen LogP contribution is -1.77. The van der Waals surface area contributed by atoms with Crippen LogP contribution in [-0.2, 0) is 23.1 Å². The lowest BCUT2D eigenvalue weighted by Gasteiger charge is -1.85. The van der Waals surface area contributed by atoms with Crippen LogP contribution in [0.5, 0.6) is 0 Å². The molecule has 78 valence electrons. The van der Waals surface area contributed by atoms with Crippen LogP contribution in [-0.4, -0.2) is 16.8 Å². The number of rotatable bonds is 0. The van der Waals surface area contributed by atoms with Crippen LogP contribution >= 0.6 is 0 Å². The van der Waals surface area contributed by atoms with Gasteiger partial charge in [0.15, 0.2) is 11.6 Å². The second-order valence-electron chi connectivity index (χ2n) is 1.55. The highest BCUT2D eigenvalue weighted by Gasteiger charge is 1.93. The molecule has 0 aliphatic rings. The van der Waals surface area contributed by atoms with Crippen molar-refractivity contribution in [3.05, 3.63) is 35.9 Å². The maximum Gasteiger partial charge on any atom is 0.335 e. The van der Waals surface area contributed by atoms with Gasteiger partial charge < -0.3 is 0 Å². The Labute approximate surface area is 85.2 Å². The summed E-state index contributed by atoms with van der Waals surface area (Å²) < 4.78 is 57.1. The van der Waals surface area contributed by atoms with Gasteiger partial charge in [-0.25, -0.2) is 8.78 Å². The topological polar surface area (TPSA) is 68.3 Å². The maximum absolute atomic E-state index is 11.9. The predicted octanol–water partition coefficient (Wildman–Crippen LogP) is 0.624. The van der Waals surface area contributed by atoms with Gasteiger partial charge in [0.05, 0.1) is 0 Å². The van der Waals surface area contributed by atoms with Crippen molar-refractivity contribution >= 4 is 23.1 Å². The van der Waals surface area contributed by atoms with Gasteiger partial charge in [0.25, 0.3) is 0 Å². The van der Waals surface area contributed by atoms with Crippen molar-refractivity contribution in [3.8, 4) is 0 Å². The van der Waals surface area contributed by atoms with E-state index < -0.39 is 34.8 Å². The summed E-state index contributed by atoms with van der Waals surface area (Å²) in [5, 5.41) is 0. The van der Waals surface area contributed by atoms with Crippen LogP contribution in [0.3, 0.4) is 0 Å². The molecule has 0 unspecified atom stereocenters. The molecule has 0 atom stereocenters. The normalized spacial score (nSPS) is 7.00. The van der Waals surface area contributed by atoms with Crippen molar-refractivity contribution in [2.45, 2.75) is 0 Å². The second kappa shape index (κ2) is 11.7. The molecule has 1 rings (SSSR count). The predicted molar refractivity (Wildman–Crippen MR) is 44.2 cm³/mol. The average molecular weight is 242 g/mol. The molecular weight excluding hydrogens is 238 g/mol. The van der Waals surface area contributed by atoms with E-state index in [1.54, 1.807) is 0 Å². The van der Waals surface area contributed by atoms with Crippen molar-refractivity contribution < 1.29 is 25.6 Å². The Morgan fingerprint density at radius 2 is 1.00 bits per heavy atom. The van der Waals surface area contributed by atoms with E-state index in [1.807, 2.05) is 0 Å². The first-order valence-corrected chi connectivity index (χ1v) is 4.21. The van der Waals surface area contributed by atoms with Gasteiger partial charge in [-0.05, 0) is 12.1 Å². The van der Waals surface area contributed by atoms with E-state index in [0.29, 0.717) is 0 Å². The van der Waals surface area contributed by atoms with Crippen LogP contribution < -0.4 is 0 Å².